The van der Waals surface area contributed by atoms with E-state index in [1.807, 2.05) is 12.1 Å². The van der Waals surface area contributed by atoms with Crippen LogP contribution < -0.4 is 0 Å². The molecule has 2 aromatic rings. The van der Waals surface area contributed by atoms with E-state index in [-0.39, 0.29) is 11.8 Å². The van der Waals surface area contributed by atoms with Gasteiger partial charge in [-0.2, -0.15) is 0 Å². The van der Waals surface area contributed by atoms with Crippen LogP contribution in [-0.4, -0.2) is 35.2 Å². The molecule has 1 atom stereocenters. The predicted octanol–water partition coefficient (Wildman–Crippen LogP) is 5.82. The van der Waals surface area contributed by atoms with Crippen LogP contribution in [0.4, 0.5) is 8.78 Å². The van der Waals surface area contributed by atoms with Crippen LogP contribution in [0, 0.1) is 17.6 Å². The van der Waals surface area contributed by atoms with Gasteiger partial charge in [0, 0.05) is 30.1 Å². The lowest BCUT2D eigenvalue weighted by Gasteiger charge is -2.47. The fraction of sp³-hybridized carbons (Fsp3) is 0.500. The lowest BCUT2D eigenvalue weighted by molar-refractivity contribution is -0.0215. The molecule has 29 heavy (non-hydrogen) atoms. The number of likely N-dealkylation sites (tertiary alicyclic amines) is 1. The molecule has 158 valence electrons. The molecule has 2 nitrogen and oxygen atoms in total. The van der Waals surface area contributed by atoms with Gasteiger partial charge in [-0.3, -0.25) is 0 Å². The van der Waals surface area contributed by atoms with Crippen LogP contribution in [-0.2, 0) is 6.42 Å². The number of hydrogen-bond donors (Lipinski definition) is 1. The zero-order valence-electron chi connectivity index (χ0n) is 17.2. The van der Waals surface area contributed by atoms with Gasteiger partial charge >= 0.3 is 0 Å². The van der Waals surface area contributed by atoms with E-state index in [4.69, 9.17) is 11.6 Å². The molecule has 5 heteroatoms. The van der Waals surface area contributed by atoms with Crippen LogP contribution in [0.3, 0.4) is 0 Å². The smallest absolute Gasteiger partial charge is 0.126 e. The predicted molar refractivity (Wildman–Crippen MR) is 114 cm³/mol. The molecule has 0 bridgehead atoms. The summed E-state index contributed by atoms with van der Waals surface area (Å²) in [5.74, 6) is -1.27. The third-order valence-electron chi connectivity index (χ3n) is 5.81. The molecule has 1 saturated heterocycles. The highest BCUT2D eigenvalue weighted by Crippen LogP contribution is 2.40. The van der Waals surface area contributed by atoms with Gasteiger partial charge in [0.15, 0.2) is 0 Å². The van der Waals surface area contributed by atoms with Crippen molar-refractivity contribution in [3.05, 3.63) is 70.2 Å². The van der Waals surface area contributed by atoms with Crippen LogP contribution in [0.2, 0.25) is 5.02 Å². The van der Waals surface area contributed by atoms with E-state index in [0.717, 1.165) is 56.4 Å². The first-order chi connectivity index (χ1) is 13.7. The molecule has 2 aromatic carbocycles. The van der Waals surface area contributed by atoms with Gasteiger partial charge in [-0.1, -0.05) is 30.2 Å². The summed E-state index contributed by atoms with van der Waals surface area (Å²) in [6, 6.07) is 11.6. The lowest BCUT2D eigenvalue weighted by Crippen LogP contribution is -2.53. The molecule has 0 aliphatic carbocycles. The van der Waals surface area contributed by atoms with Crippen molar-refractivity contribution >= 4 is 11.6 Å². The Hall–Kier alpha value is -1.49. The highest BCUT2D eigenvalue weighted by molar-refractivity contribution is 6.30. The number of halogens is 3. The van der Waals surface area contributed by atoms with Gasteiger partial charge in [-0.05, 0) is 81.0 Å². The fourth-order valence-electron chi connectivity index (χ4n) is 4.51. The van der Waals surface area contributed by atoms with Gasteiger partial charge in [0.1, 0.15) is 11.6 Å². The Labute approximate surface area is 177 Å². The SMILES string of the molecule is CC(C)(O)C(c1cc(F)cc(F)c1)C1CN(CCCCCc2ccc(Cl)cc2)C1. The quantitative estimate of drug-likeness (QED) is 0.516. The molecule has 1 aliphatic rings. The molecule has 1 heterocycles. The lowest BCUT2D eigenvalue weighted by atomic mass is 9.72. The molecule has 0 spiro atoms. The number of benzene rings is 2. The minimum absolute atomic E-state index is 0.199. The third-order valence-corrected chi connectivity index (χ3v) is 6.07. The molecule has 0 aromatic heterocycles. The van der Waals surface area contributed by atoms with Crippen LogP contribution in [0.5, 0.6) is 0 Å². The van der Waals surface area contributed by atoms with Gasteiger partial charge in [0.2, 0.25) is 0 Å². The maximum absolute atomic E-state index is 13.7. The molecule has 0 amide bonds. The second kappa shape index (κ2) is 9.55. The van der Waals surface area contributed by atoms with Crippen molar-refractivity contribution in [2.24, 2.45) is 5.92 Å². The third kappa shape index (κ3) is 6.24. The molecule has 1 aliphatic heterocycles. The molecular formula is C24H30ClF2NO. The first-order valence-electron chi connectivity index (χ1n) is 10.4. The van der Waals surface area contributed by atoms with Crippen molar-refractivity contribution in [2.75, 3.05) is 19.6 Å². The average molecular weight is 422 g/mol. The summed E-state index contributed by atoms with van der Waals surface area (Å²) in [7, 11) is 0. The van der Waals surface area contributed by atoms with Crippen LogP contribution in [0.15, 0.2) is 42.5 Å². The van der Waals surface area contributed by atoms with E-state index in [2.05, 4.69) is 17.0 Å². The summed E-state index contributed by atoms with van der Waals surface area (Å²) >= 11 is 5.91. The number of unbranched alkanes of at least 4 members (excludes halogenated alkanes) is 2. The molecular weight excluding hydrogens is 392 g/mol. The van der Waals surface area contributed by atoms with Crippen molar-refractivity contribution in [3.63, 3.8) is 0 Å². The zero-order valence-corrected chi connectivity index (χ0v) is 17.9. The molecule has 1 N–H and O–H groups in total. The molecule has 0 saturated carbocycles. The number of rotatable bonds is 9. The summed E-state index contributed by atoms with van der Waals surface area (Å²) in [6.45, 7) is 6.17. The number of aliphatic hydroxyl groups is 1. The number of hydrogen-bond acceptors (Lipinski definition) is 2. The fourth-order valence-corrected chi connectivity index (χ4v) is 4.63. The maximum Gasteiger partial charge on any atom is 0.126 e. The zero-order chi connectivity index (χ0) is 21.0. The Bertz CT molecular complexity index is 777. The Morgan fingerprint density at radius 2 is 1.66 bits per heavy atom. The van der Waals surface area contributed by atoms with E-state index in [1.165, 1.54) is 17.7 Å². The minimum atomic E-state index is -1.03. The largest absolute Gasteiger partial charge is 0.390 e. The second-order valence-electron chi connectivity index (χ2n) is 8.79. The highest BCUT2D eigenvalue weighted by Gasteiger charge is 2.41. The van der Waals surface area contributed by atoms with E-state index in [1.54, 1.807) is 13.8 Å². The molecule has 1 fully saturated rings. The Balaban J connectivity index is 1.44. The van der Waals surface area contributed by atoms with E-state index < -0.39 is 17.2 Å². The Morgan fingerprint density at radius 3 is 2.24 bits per heavy atom. The average Bonchev–Trinajstić information content (AvgIpc) is 2.58. The topological polar surface area (TPSA) is 23.5 Å². The summed E-state index contributed by atoms with van der Waals surface area (Å²) < 4.78 is 27.4. The van der Waals surface area contributed by atoms with Crippen LogP contribution in [0.1, 0.15) is 50.2 Å². The van der Waals surface area contributed by atoms with Gasteiger partial charge in [0.25, 0.3) is 0 Å². The first-order valence-corrected chi connectivity index (χ1v) is 10.8. The van der Waals surface area contributed by atoms with Gasteiger partial charge < -0.3 is 10.0 Å². The van der Waals surface area contributed by atoms with Crippen molar-refractivity contribution in [2.45, 2.75) is 51.0 Å². The first kappa shape index (κ1) is 22.2. The maximum atomic E-state index is 13.7. The van der Waals surface area contributed by atoms with E-state index >= 15 is 0 Å². The highest BCUT2D eigenvalue weighted by atomic mass is 35.5. The summed E-state index contributed by atoms with van der Waals surface area (Å²) in [5, 5.41) is 11.4. The van der Waals surface area contributed by atoms with E-state index in [9.17, 15) is 13.9 Å². The van der Waals surface area contributed by atoms with E-state index in [0.29, 0.717) is 5.56 Å². The van der Waals surface area contributed by atoms with Gasteiger partial charge in [-0.25, -0.2) is 8.78 Å². The standard InChI is InChI=1S/C24H30ClF2NO/c1-24(2,29)23(18-12-21(26)14-22(27)13-18)19-15-28(16-19)11-5-3-4-6-17-7-9-20(25)10-8-17/h7-10,12-14,19,23,29H,3-6,11,15-16H2,1-2H3. The second-order valence-corrected chi connectivity index (χ2v) is 9.23. The molecule has 0 radical (unpaired) electrons. The van der Waals surface area contributed by atoms with Gasteiger partial charge in [0.05, 0.1) is 5.60 Å². The van der Waals surface area contributed by atoms with Gasteiger partial charge in [-0.15, -0.1) is 0 Å². The van der Waals surface area contributed by atoms with Crippen molar-refractivity contribution in [1.82, 2.24) is 4.90 Å². The summed E-state index contributed by atoms with van der Waals surface area (Å²) in [6.07, 6.45) is 4.50. The number of aryl methyl sites for hydroxylation is 1. The molecule has 1 unspecified atom stereocenters. The summed E-state index contributed by atoms with van der Waals surface area (Å²) in [4.78, 5) is 2.36. The Kier molecular flexibility index (Phi) is 7.31. The van der Waals surface area contributed by atoms with Crippen molar-refractivity contribution < 1.29 is 13.9 Å². The van der Waals surface area contributed by atoms with Crippen LogP contribution >= 0.6 is 11.6 Å². The Morgan fingerprint density at radius 1 is 1.03 bits per heavy atom. The normalized spacial score (nSPS) is 16.6. The number of nitrogens with zero attached hydrogens (tertiary/aromatic N) is 1. The van der Waals surface area contributed by atoms with Crippen molar-refractivity contribution in [1.29, 1.82) is 0 Å². The summed E-state index contributed by atoms with van der Waals surface area (Å²) in [5.41, 5.74) is 0.826. The monoisotopic (exact) mass is 421 g/mol. The van der Waals surface area contributed by atoms with Crippen molar-refractivity contribution in [3.8, 4) is 0 Å². The minimum Gasteiger partial charge on any atom is -0.390 e. The van der Waals surface area contributed by atoms with Crippen LogP contribution in [0.25, 0.3) is 0 Å². The molecule has 3 rings (SSSR count).